The summed E-state index contributed by atoms with van der Waals surface area (Å²) >= 11 is 0. The summed E-state index contributed by atoms with van der Waals surface area (Å²) in [5.74, 6) is -1.83. The number of nitrogens with one attached hydrogen (secondary N) is 1. The van der Waals surface area contributed by atoms with Crippen molar-refractivity contribution >= 4 is 12.0 Å². The number of alkyl carbamates (subject to hydrolysis) is 1. The van der Waals surface area contributed by atoms with Gasteiger partial charge >= 0.3 is 12.3 Å². The molecule has 1 fully saturated rings. The van der Waals surface area contributed by atoms with E-state index in [0.717, 1.165) is 0 Å². The van der Waals surface area contributed by atoms with Gasteiger partial charge < -0.3 is 15.0 Å². The van der Waals surface area contributed by atoms with E-state index in [1.807, 2.05) is 0 Å². The molecule has 5 nitrogen and oxygen atoms in total. The van der Waals surface area contributed by atoms with Crippen LogP contribution in [0.1, 0.15) is 26.2 Å². The van der Waals surface area contributed by atoms with Gasteiger partial charge in [-0.3, -0.25) is 4.79 Å². The zero-order chi connectivity index (χ0) is 15.2. The maximum atomic E-state index is 12.6. The summed E-state index contributed by atoms with van der Waals surface area (Å²) in [6.45, 7) is 1.98. The number of rotatable bonds is 4. The maximum absolute atomic E-state index is 12.6. The van der Waals surface area contributed by atoms with Crippen molar-refractivity contribution in [3.8, 4) is 0 Å². The van der Waals surface area contributed by atoms with Gasteiger partial charge in [0.25, 0.3) is 0 Å². The summed E-state index contributed by atoms with van der Waals surface area (Å²) < 4.78 is 42.4. The number of alkyl halides is 3. The smallest absolute Gasteiger partial charge is 0.407 e. The van der Waals surface area contributed by atoms with Gasteiger partial charge in [-0.25, -0.2) is 4.79 Å². The van der Waals surface area contributed by atoms with Gasteiger partial charge in [-0.15, -0.1) is 0 Å². The Morgan fingerprint density at radius 3 is 2.70 bits per heavy atom. The molecular weight excluding hydrogens is 277 g/mol. The van der Waals surface area contributed by atoms with Crippen LogP contribution in [0.4, 0.5) is 18.0 Å². The van der Waals surface area contributed by atoms with Gasteiger partial charge in [0.1, 0.15) is 0 Å². The molecule has 0 unspecified atom stereocenters. The van der Waals surface area contributed by atoms with Crippen LogP contribution in [0.25, 0.3) is 0 Å². The molecule has 1 N–H and O–H groups in total. The second-order valence-corrected chi connectivity index (χ2v) is 4.62. The number of nitrogens with zero attached hydrogens (tertiary/aromatic N) is 1. The van der Waals surface area contributed by atoms with Crippen LogP contribution < -0.4 is 5.32 Å². The van der Waals surface area contributed by atoms with Crippen molar-refractivity contribution in [2.45, 2.75) is 32.4 Å². The fourth-order valence-corrected chi connectivity index (χ4v) is 2.08. The van der Waals surface area contributed by atoms with Gasteiger partial charge in [0.05, 0.1) is 12.5 Å². The first-order chi connectivity index (χ1) is 9.34. The molecule has 0 aromatic rings. The molecule has 1 saturated heterocycles. The fourth-order valence-electron chi connectivity index (χ4n) is 2.08. The average molecular weight is 296 g/mol. The molecule has 20 heavy (non-hydrogen) atoms. The van der Waals surface area contributed by atoms with Crippen molar-refractivity contribution in [2.75, 3.05) is 26.2 Å². The number of ether oxygens (including phenoxy) is 1. The highest BCUT2D eigenvalue weighted by molar-refractivity contribution is 5.77. The first-order valence-electron chi connectivity index (χ1n) is 6.59. The molecule has 0 spiro atoms. The Kier molecular flexibility index (Phi) is 6.09. The predicted molar refractivity (Wildman–Crippen MR) is 65.0 cm³/mol. The maximum Gasteiger partial charge on any atom is 0.407 e. The highest BCUT2D eigenvalue weighted by Gasteiger charge is 2.42. The van der Waals surface area contributed by atoms with Crippen molar-refractivity contribution in [3.05, 3.63) is 0 Å². The molecular formula is C12H19F3N2O3. The zero-order valence-electron chi connectivity index (χ0n) is 11.3. The van der Waals surface area contributed by atoms with Crippen LogP contribution in [-0.4, -0.2) is 49.3 Å². The minimum absolute atomic E-state index is 0.0244. The van der Waals surface area contributed by atoms with Crippen molar-refractivity contribution < 1.29 is 27.5 Å². The van der Waals surface area contributed by atoms with E-state index in [-0.39, 0.29) is 38.4 Å². The molecule has 1 aliphatic rings. The molecule has 8 heteroatoms. The number of likely N-dealkylation sites (tertiary alicyclic amines) is 1. The minimum Gasteiger partial charge on any atom is -0.450 e. The van der Waals surface area contributed by atoms with Crippen LogP contribution in [0.2, 0.25) is 0 Å². The topological polar surface area (TPSA) is 58.6 Å². The van der Waals surface area contributed by atoms with E-state index < -0.39 is 18.2 Å². The minimum atomic E-state index is -4.26. The Balaban J connectivity index is 2.34. The Hall–Kier alpha value is -1.47. The third-order valence-electron chi connectivity index (χ3n) is 3.12. The number of carbonyl (C=O) groups excluding carboxylic acids is 2. The molecule has 0 radical (unpaired) electrons. The lowest BCUT2D eigenvalue weighted by Crippen LogP contribution is -2.45. The first kappa shape index (κ1) is 16.6. The number of hydrogen-bond acceptors (Lipinski definition) is 3. The second kappa shape index (κ2) is 7.35. The van der Waals surface area contributed by atoms with Gasteiger partial charge in [-0.2, -0.15) is 13.2 Å². The molecule has 0 aliphatic carbocycles. The van der Waals surface area contributed by atoms with E-state index in [2.05, 4.69) is 10.1 Å². The normalized spacial score (nSPS) is 19.6. The molecule has 1 atom stereocenters. The fraction of sp³-hybridized carbons (Fsp3) is 0.833. The molecule has 0 aromatic heterocycles. The monoisotopic (exact) mass is 296 g/mol. The summed E-state index contributed by atoms with van der Waals surface area (Å²) in [4.78, 5) is 24.0. The molecule has 0 aromatic carbocycles. The molecule has 116 valence electrons. The van der Waals surface area contributed by atoms with E-state index >= 15 is 0 Å². The van der Waals surface area contributed by atoms with E-state index in [4.69, 9.17) is 0 Å². The molecule has 0 saturated carbocycles. The Morgan fingerprint density at radius 1 is 1.40 bits per heavy atom. The largest absolute Gasteiger partial charge is 0.450 e. The summed E-state index contributed by atoms with van der Waals surface area (Å²) in [7, 11) is 0. The van der Waals surface area contributed by atoms with Crippen LogP contribution in [-0.2, 0) is 9.53 Å². The van der Waals surface area contributed by atoms with E-state index in [1.54, 1.807) is 6.92 Å². The highest BCUT2D eigenvalue weighted by Crippen LogP contribution is 2.33. The van der Waals surface area contributed by atoms with Gasteiger partial charge in [0.2, 0.25) is 5.91 Å². The number of carbonyl (C=O) groups is 2. The number of hydrogen-bond donors (Lipinski definition) is 1. The average Bonchev–Trinajstić information content (AvgIpc) is 2.38. The van der Waals surface area contributed by atoms with Crippen molar-refractivity contribution in [2.24, 2.45) is 5.92 Å². The van der Waals surface area contributed by atoms with Crippen LogP contribution in [0.3, 0.4) is 0 Å². The summed E-state index contributed by atoms with van der Waals surface area (Å²) in [5, 5.41) is 2.36. The Labute approximate surface area is 115 Å². The lowest BCUT2D eigenvalue weighted by molar-refractivity contribution is -0.188. The van der Waals surface area contributed by atoms with E-state index in [9.17, 15) is 22.8 Å². The van der Waals surface area contributed by atoms with Crippen LogP contribution in [0, 0.1) is 5.92 Å². The van der Waals surface area contributed by atoms with E-state index in [0.29, 0.717) is 13.0 Å². The van der Waals surface area contributed by atoms with Gasteiger partial charge in [-0.05, 0) is 19.8 Å². The number of amides is 2. The van der Waals surface area contributed by atoms with Gasteiger partial charge in [0, 0.05) is 26.1 Å². The van der Waals surface area contributed by atoms with Gasteiger partial charge in [-0.1, -0.05) is 0 Å². The second-order valence-electron chi connectivity index (χ2n) is 4.62. The van der Waals surface area contributed by atoms with E-state index in [1.165, 1.54) is 4.90 Å². The summed E-state index contributed by atoms with van der Waals surface area (Å²) in [6, 6.07) is 0. The van der Waals surface area contributed by atoms with Gasteiger partial charge in [0.15, 0.2) is 0 Å². The Bertz CT molecular complexity index is 347. The molecule has 1 heterocycles. The predicted octanol–water partition coefficient (Wildman–Crippen LogP) is 1.92. The highest BCUT2D eigenvalue weighted by atomic mass is 19.4. The van der Waals surface area contributed by atoms with Crippen molar-refractivity contribution in [3.63, 3.8) is 0 Å². The molecule has 1 aliphatic heterocycles. The SMILES string of the molecule is CCOC(=O)NCCC(=O)N1CCC[C@@H](C(F)(F)F)C1. The standard InChI is InChI=1S/C12H19F3N2O3/c1-2-20-11(19)16-6-5-10(18)17-7-3-4-9(8-17)12(13,14)15/h9H,2-8H2,1H3,(H,16,19)/t9-/m1/s1. The Morgan fingerprint density at radius 2 is 2.10 bits per heavy atom. The number of halogens is 3. The number of piperidine rings is 1. The molecule has 1 rings (SSSR count). The molecule has 2 amide bonds. The lowest BCUT2D eigenvalue weighted by Gasteiger charge is -2.33. The van der Waals surface area contributed by atoms with Crippen LogP contribution in [0.15, 0.2) is 0 Å². The third kappa shape index (κ3) is 5.26. The molecule has 0 bridgehead atoms. The summed E-state index contributed by atoms with van der Waals surface area (Å²) in [5.41, 5.74) is 0. The zero-order valence-corrected chi connectivity index (χ0v) is 11.3. The quantitative estimate of drug-likeness (QED) is 0.862. The van der Waals surface area contributed by atoms with Crippen molar-refractivity contribution in [1.29, 1.82) is 0 Å². The van der Waals surface area contributed by atoms with Crippen LogP contribution in [0.5, 0.6) is 0 Å². The first-order valence-corrected chi connectivity index (χ1v) is 6.59. The third-order valence-corrected chi connectivity index (χ3v) is 3.12. The van der Waals surface area contributed by atoms with Crippen molar-refractivity contribution in [1.82, 2.24) is 10.2 Å². The lowest BCUT2D eigenvalue weighted by atomic mass is 9.97. The van der Waals surface area contributed by atoms with Crippen LogP contribution >= 0.6 is 0 Å². The summed E-state index contributed by atoms with van der Waals surface area (Å²) in [6.07, 6.45) is -4.51.